The standard InChI is InChI=1S/C18H16N2O3/c1-21-20-16(12-19)14-8-5-9-15(18-22-10-11-23-18)17(14)13-6-3-2-4-7-13/h2-9,18H,10-11H2,1H3. The van der Waals surface area contributed by atoms with E-state index in [2.05, 4.69) is 11.2 Å². The van der Waals surface area contributed by atoms with Gasteiger partial charge in [0.2, 0.25) is 0 Å². The molecule has 0 amide bonds. The van der Waals surface area contributed by atoms with Gasteiger partial charge in [-0.2, -0.15) is 5.26 Å². The smallest absolute Gasteiger partial charge is 0.187 e. The lowest BCUT2D eigenvalue weighted by Gasteiger charge is -2.18. The Morgan fingerprint density at radius 2 is 1.87 bits per heavy atom. The fraction of sp³-hybridized carbons (Fsp3) is 0.222. The van der Waals surface area contributed by atoms with Crippen LogP contribution in [0.1, 0.15) is 17.4 Å². The van der Waals surface area contributed by atoms with E-state index < -0.39 is 6.29 Å². The number of nitriles is 1. The molecular weight excluding hydrogens is 292 g/mol. The van der Waals surface area contributed by atoms with Gasteiger partial charge in [0.25, 0.3) is 0 Å². The first-order valence-electron chi connectivity index (χ1n) is 7.28. The molecule has 2 aromatic rings. The highest BCUT2D eigenvalue weighted by atomic mass is 16.7. The van der Waals surface area contributed by atoms with Crippen LogP contribution in [0.5, 0.6) is 0 Å². The summed E-state index contributed by atoms with van der Waals surface area (Å²) in [5.41, 5.74) is 3.63. The van der Waals surface area contributed by atoms with Gasteiger partial charge in [-0.1, -0.05) is 53.7 Å². The van der Waals surface area contributed by atoms with Crippen molar-refractivity contribution in [3.63, 3.8) is 0 Å². The Balaban J connectivity index is 2.22. The van der Waals surface area contributed by atoms with E-state index in [0.29, 0.717) is 18.8 Å². The quantitative estimate of drug-likeness (QED) is 0.642. The van der Waals surface area contributed by atoms with Crippen LogP contribution in [0.15, 0.2) is 53.7 Å². The summed E-state index contributed by atoms with van der Waals surface area (Å²) in [7, 11) is 1.42. The Morgan fingerprint density at radius 1 is 1.13 bits per heavy atom. The van der Waals surface area contributed by atoms with Gasteiger partial charge in [-0.25, -0.2) is 0 Å². The number of rotatable bonds is 4. The molecule has 2 aromatic carbocycles. The van der Waals surface area contributed by atoms with Crippen LogP contribution >= 0.6 is 0 Å². The second kappa shape index (κ2) is 7.05. The van der Waals surface area contributed by atoms with Crippen molar-refractivity contribution in [1.82, 2.24) is 0 Å². The molecule has 1 aliphatic heterocycles. The topological polar surface area (TPSA) is 63.8 Å². The molecular formula is C18H16N2O3. The van der Waals surface area contributed by atoms with Crippen molar-refractivity contribution in [1.29, 1.82) is 5.26 Å². The summed E-state index contributed by atoms with van der Waals surface area (Å²) in [6.45, 7) is 1.11. The molecule has 0 spiro atoms. The second-order valence-electron chi connectivity index (χ2n) is 4.94. The van der Waals surface area contributed by atoms with Crippen LogP contribution in [-0.2, 0) is 14.3 Å². The Kier molecular flexibility index (Phi) is 4.67. The largest absolute Gasteiger partial charge is 0.398 e. The van der Waals surface area contributed by atoms with Gasteiger partial charge >= 0.3 is 0 Å². The van der Waals surface area contributed by atoms with Crippen molar-refractivity contribution in [2.45, 2.75) is 6.29 Å². The highest BCUT2D eigenvalue weighted by Crippen LogP contribution is 2.35. The first-order valence-corrected chi connectivity index (χ1v) is 7.28. The molecule has 0 saturated carbocycles. The van der Waals surface area contributed by atoms with E-state index in [9.17, 15) is 5.26 Å². The third-order valence-electron chi connectivity index (χ3n) is 3.58. The van der Waals surface area contributed by atoms with Crippen LogP contribution in [-0.4, -0.2) is 26.0 Å². The SMILES string of the molecule is CON=C(C#N)c1cccc(C2OCCO2)c1-c1ccccc1. The molecule has 5 nitrogen and oxygen atoms in total. The van der Waals surface area contributed by atoms with Crippen molar-refractivity contribution in [2.75, 3.05) is 20.3 Å². The Hall–Kier alpha value is -2.68. The van der Waals surface area contributed by atoms with E-state index in [-0.39, 0.29) is 5.71 Å². The molecule has 23 heavy (non-hydrogen) atoms. The highest BCUT2D eigenvalue weighted by Gasteiger charge is 2.25. The third-order valence-corrected chi connectivity index (χ3v) is 3.58. The van der Waals surface area contributed by atoms with Crippen LogP contribution < -0.4 is 0 Å². The summed E-state index contributed by atoms with van der Waals surface area (Å²) in [6, 6.07) is 17.6. The minimum atomic E-state index is -0.437. The van der Waals surface area contributed by atoms with E-state index in [4.69, 9.17) is 14.3 Å². The summed E-state index contributed by atoms with van der Waals surface area (Å²) < 4.78 is 11.3. The van der Waals surface area contributed by atoms with Crippen molar-refractivity contribution < 1.29 is 14.3 Å². The molecule has 0 N–H and O–H groups in total. The molecule has 5 heteroatoms. The normalized spacial score (nSPS) is 15.4. The van der Waals surface area contributed by atoms with Crippen molar-refractivity contribution in [3.8, 4) is 17.2 Å². The van der Waals surface area contributed by atoms with Crippen molar-refractivity contribution in [2.24, 2.45) is 5.16 Å². The molecule has 1 heterocycles. The molecule has 116 valence electrons. The van der Waals surface area contributed by atoms with Gasteiger partial charge in [0.05, 0.1) is 13.2 Å². The molecule has 0 aliphatic carbocycles. The number of oxime groups is 1. The zero-order chi connectivity index (χ0) is 16.1. The van der Waals surface area contributed by atoms with Crippen molar-refractivity contribution >= 4 is 5.71 Å². The molecule has 0 radical (unpaired) electrons. The van der Waals surface area contributed by atoms with Crippen LogP contribution in [0, 0.1) is 11.3 Å². The monoisotopic (exact) mass is 308 g/mol. The molecule has 0 atom stereocenters. The lowest BCUT2D eigenvalue weighted by Crippen LogP contribution is -2.07. The third kappa shape index (κ3) is 3.09. The Labute approximate surface area is 134 Å². The van der Waals surface area contributed by atoms with E-state index >= 15 is 0 Å². The highest BCUT2D eigenvalue weighted by molar-refractivity contribution is 6.15. The molecule has 0 unspecified atom stereocenters. The minimum Gasteiger partial charge on any atom is -0.398 e. The Bertz CT molecular complexity index is 745. The molecule has 3 rings (SSSR count). The van der Waals surface area contributed by atoms with E-state index in [0.717, 1.165) is 16.7 Å². The number of nitrogens with zero attached hydrogens (tertiary/aromatic N) is 2. The van der Waals surface area contributed by atoms with Gasteiger partial charge in [-0.05, 0) is 5.56 Å². The van der Waals surface area contributed by atoms with Crippen LogP contribution in [0.25, 0.3) is 11.1 Å². The number of benzene rings is 2. The van der Waals surface area contributed by atoms with Gasteiger partial charge in [0.1, 0.15) is 13.2 Å². The van der Waals surface area contributed by atoms with Gasteiger partial charge in [0.15, 0.2) is 12.0 Å². The zero-order valence-corrected chi connectivity index (χ0v) is 12.7. The summed E-state index contributed by atoms with van der Waals surface area (Å²) in [4.78, 5) is 4.81. The summed E-state index contributed by atoms with van der Waals surface area (Å²) in [6.07, 6.45) is -0.437. The summed E-state index contributed by atoms with van der Waals surface area (Å²) >= 11 is 0. The van der Waals surface area contributed by atoms with Gasteiger partial charge in [0, 0.05) is 16.7 Å². The maximum absolute atomic E-state index is 9.41. The molecule has 1 fully saturated rings. The number of ether oxygens (including phenoxy) is 2. The van der Waals surface area contributed by atoms with E-state index in [1.165, 1.54) is 7.11 Å². The van der Waals surface area contributed by atoms with Gasteiger partial charge in [-0.3, -0.25) is 0 Å². The van der Waals surface area contributed by atoms with E-state index in [1.807, 2.05) is 48.5 Å². The van der Waals surface area contributed by atoms with Crippen LogP contribution in [0.2, 0.25) is 0 Å². The predicted octanol–water partition coefficient (Wildman–Crippen LogP) is 3.27. The average molecular weight is 308 g/mol. The van der Waals surface area contributed by atoms with Crippen LogP contribution in [0.3, 0.4) is 0 Å². The fourth-order valence-electron chi connectivity index (χ4n) is 2.65. The summed E-state index contributed by atoms with van der Waals surface area (Å²) in [5.74, 6) is 0. The number of hydrogen-bond donors (Lipinski definition) is 0. The van der Waals surface area contributed by atoms with Crippen LogP contribution in [0.4, 0.5) is 0 Å². The average Bonchev–Trinajstić information content (AvgIpc) is 3.14. The minimum absolute atomic E-state index is 0.214. The lowest BCUT2D eigenvalue weighted by atomic mass is 9.92. The fourth-order valence-corrected chi connectivity index (χ4v) is 2.65. The molecule has 0 aromatic heterocycles. The lowest BCUT2D eigenvalue weighted by molar-refractivity contribution is -0.0436. The predicted molar refractivity (Wildman–Crippen MR) is 85.7 cm³/mol. The van der Waals surface area contributed by atoms with Crippen molar-refractivity contribution in [3.05, 3.63) is 59.7 Å². The summed E-state index contributed by atoms with van der Waals surface area (Å²) in [5, 5.41) is 13.3. The number of hydrogen-bond acceptors (Lipinski definition) is 5. The Morgan fingerprint density at radius 3 is 2.52 bits per heavy atom. The van der Waals surface area contributed by atoms with Gasteiger partial charge < -0.3 is 14.3 Å². The van der Waals surface area contributed by atoms with E-state index in [1.54, 1.807) is 0 Å². The zero-order valence-electron chi connectivity index (χ0n) is 12.7. The van der Waals surface area contributed by atoms with Gasteiger partial charge in [-0.15, -0.1) is 0 Å². The first-order chi connectivity index (χ1) is 11.3. The molecule has 1 aliphatic rings. The molecule has 0 bridgehead atoms. The maximum atomic E-state index is 9.41. The first kappa shape index (κ1) is 15.2. The molecule has 1 saturated heterocycles. The second-order valence-corrected chi connectivity index (χ2v) is 4.94. The maximum Gasteiger partial charge on any atom is 0.187 e.